The van der Waals surface area contributed by atoms with E-state index in [2.05, 4.69) is 46.8 Å². The zero-order chi connectivity index (χ0) is 16.0. The Hall–Kier alpha value is -1.59. The average molecular weight is 307 g/mol. The minimum absolute atomic E-state index is 0.652. The van der Waals surface area contributed by atoms with Gasteiger partial charge in [-0.3, -0.25) is 0 Å². The van der Waals surface area contributed by atoms with Crippen LogP contribution in [0.3, 0.4) is 0 Å². The van der Waals surface area contributed by atoms with Crippen LogP contribution in [-0.2, 0) is 22.6 Å². The molecule has 5 nitrogen and oxygen atoms in total. The van der Waals surface area contributed by atoms with E-state index in [1.54, 1.807) is 0 Å². The van der Waals surface area contributed by atoms with Crippen molar-refractivity contribution in [2.75, 3.05) is 32.9 Å². The molecular weight excluding hydrogens is 278 g/mol. The van der Waals surface area contributed by atoms with Crippen LogP contribution in [0.4, 0.5) is 0 Å². The van der Waals surface area contributed by atoms with Crippen LogP contribution in [0.2, 0.25) is 0 Å². The monoisotopic (exact) mass is 307 g/mol. The molecule has 124 valence electrons. The maximum atomic E-state index is 5.39. The summed E-state index contributed by atoms with van der Waals surface area (Å²) in [6, 6.07) is 8.38. The van der Waals surface area contributed by atoms with E-state index in [1.165, 1.54) is 11.1 Å². The molecule has 0 aliphatic carbocycles. The van der Waals surface area contributed by atoms with Gasteiger partial charge in [0.2, 0.25) is 0 Å². The topological polar surface area (TPSA) is 54.9 Å². The normalized spacial score (nSPS) is 11.5. The van der Waals surface area contributed by atoms with Crippen LogP contribution < -0.4 is 10.6 Å². The highest BCUT2D eigenvalue weighted by atomic mass is 16.5. The predicted molar refractivity (Wildman–Crippen MR) is 91.1 cm³/mol. The molecule has 0 amide bonds. The van der Waals surface area contributed by atoms with Gasteiger partial charge in [0, 0.05) is 26.3 Å². The van der Waals surface area contributed by atoms with Gasteiger partial charge >= 0.3 is 0 Å². The van der Waals surface area contributed by atoms with Crippen LogP contribution in [0, 0.1) is 0 Å². The number of rotatable bonds is 10. The highest BCUT2D eigenvalue weighted by Gasteiger charge is 1.98. The lowest BCUT2D eigenvalue weighted by atomic mass is 10.1. The van der Waals surface area contributed by atoms with Crippen LogP contribution in [0.1, 0.15) is 31.9 Å². The van der Waals surface area contributed by atoms with Crippen molar-refractivity contribution in [1.82, 2.24) is 10.6 Å². The second-order valence-corrected chi connectivity index (χ2v) is 4.77. The molecule has 0 fully saturated rings. The van der Waals surface area contributed by atoms with E-state index in [4.69, 9.17) is 9.47 Å². The van der Waals surface area contributed by atoms with Crippen molar-refractivity contribution in [3.63, 3.8) is 0 Å². The zero-order valence-corrected chi connectivity index (χ0v) is 14.0. The first-order valence-corrected chi connectivity index (χ1v) is 8.05. The molecule has 0 unspecified atom stereocenters. The average Bonchev–Trinajstić information content (AvgIpc) is 2.55. The van der Waals surface area contributed by atoms with Gasteiger partial charge in [0.15, 0.2) is 5.96 Å². The Morgan fingerprint density at radius 2 is 1.64 bits per heavy atom. The lowest BCUT2D eigenvalue weighted by Crippen LogP contribution is -2.39. The van der Waals surface area contributed by atoms with Gasteiger partial charge in [-0.15, -0.1) is 0 Å². The van der Waals surface area contributed by atoms with Crippen molar-refractivity contribution in [3.05, 3.63) is 35.4 Å². The van der Waals surface area contributed by atoms with Gasteiger partial charge in [0.25, 0.3) is 0 Å². The van der Waals surface area contributed by atoms with E-state index in [0.29, 0.717) is 19.8 Å². The molecule has 0 bridgehead atoms. The lowest BCUT2D eigenvalue weighted by molar-refractivity contribution is 0.134. The molecule has 5 heteroatoms. The van der Waals surface area contributed by atoms with Gasteiger partial charge < -0.3 is 20.1 Å². The van der Waals surface area contributed by atoms with E-state index in [0.717, 1.165) is 32.3 Å². The maximum Gasteiger partial charge on any atom is 0.191 e. The van der Waals surface area contributed by atoms with Gasteiger partial charge in [-0.25, -0.2) is 4.99 Å². The zero-order valence-electron chi connectivity index (χ0n) is 14.0. The Kier molecular flexibility index (Phi) is 10.1. The Morgan fingerprint density at radius 3 is 2.27 bits per heavy atom. The first kappa shape index (κ1) is 18.5. The molecule has 0 atom stereocenters. The fourth-order valence-corrected chi connectivity index (χ4v) is 1.86. The second-order valence-electron chi connectivity index (χ2n) is 4.77. The Morgan fingerprint density at radius 1 is 0.955 bits per heavy atom. The SMILES string of the molecule is CCNC(=NCc1ccc(COCC)cc1)NCCOCC. The van der Waals surface area contributed by atoms with E-state index < -0.39 is 0 Å². The van der Waals surface area contributed by atoms with E-state index >= 15 is 0 Å². The molecule has 0 aromatic heterocycles. The Labute approximate surface area is 134 Å². The van der Waals surface area contributed by atoms with E-state index in [-0.39, 0.29) is 0 Å². The molecule has 0 aliphatic rings. The second kappa shape index (κ2) is 12.0. The Balaban J connectivity index is 2.46. The summed E-state index contributed by atoms with van der Waals surface area (Å²) in [5.41, 5.74) is 2.37. The third-order valence-corrected chi connectivity index (χ3v) is 3.00. The number of hydrogen-bond donors (Lipinski definition) is 2. The Bertz CT molecular complexity index is 418. The first-order valence-electron chi connectivity index (χ1n) is 8.05. The smallest absolute Gasteiger partial charge is 0.191 e. The van der Waals surface area contributed by atoms with Crippen LogP contribution in [0.15, 0.2) is 29.3 Å². The van der Waals surface area contributed by atoms with Crippen LogP contribution in [0.5, 0.6) is 0 Å². The summed E-state index contributed by atoms with van der Waals surface area (Å²) in [6.45, 7) is 11.1. The molecule has 1 rings (SSSR count). The number of benzene rings is 1. The summed E-state index contributed by atoms with van der Waals surface area (Å²) in [5, 5.41) is 6.49. The highest BCUT2D eigenvalue weighted by molar-refractivity contribution is 5.79. The number of nitrogens with one attached hydrogen (secondary N) is 2. The molecule has 0 saturated carbocycles. The van der Waals surface area contributed by atoms with Gasteiger partial charge in [-0.1, -0.05) is 24.3 Å². The third kappa shape index (κ3) is 8.00. The highest BCUT2D eigenvalue weighted by Crippen LogP contribution is 2.07. The molecule has 1 aromatic rings. The summed E-state index contributed by atoms with van der Waals surface area (Å²) >= 11 is 0. The predicted octanol–water partition coefficient (Wildman–Crippen LogP) is 2.31. The van der Waals surface area contributed by atoms with Crippen molar-refractivity contribution in [1.29, 1.82) is 0 Å². The van der Waals surface area contributed by atoms with E-state index in [1.807, 2.05) is 13.8 Å². The molecule has 0 aliphatic heterocycles. The van der Waals surface area contributed by atoms with Crippen molar-refractivity contribution < 1.29 is 9.47 Å². The quantitative estimate of drug-likeness (QED) is 0.396. The molecule has 2 N–H and O–H groups in total. The molecule has 0 radical (unpaired) electrons. The maximum absolute atomic E-state index is 5.39. The number of aliphatic imine (C=N–C) groups is 1. The van der Waals surface area contributed by atoms with Crippen molar-refractivity contribution in [2.45, 2.75) is 33.9 Å². The summed E-state index contributed by atoms with van der Waals surface area (Å²) < 4.78 is 10.7. The fourth-order valence-electron chi connectivity index (χ4n) is 1.86. The van der Waals surface area contributed by atoms with Crippen LogP contribution in [-0.4, -0.2) is 38.9 Å². The number of guanidine groups is 1. The molecule has 0 spiro atoms. The molecule has 0 heterocycles. The van der Waals surface area contributed by atoms with Gasteiger partial charge in [0.1, 0.15) is 0 Å². The molecular formula is C17H29N3O2. The van der Waals surface area contributed by atoms with Crippen molar-refractivity contribution in [2.24, 2.45) is 4.99 Å². The number of hydrogen-bond acceptors (Lipinski definition) is 3. The lowest BCUT2D eigenvalue weighted by Gasteiger charge is -2.11. The minimum Gasteiger partial charge on any atom is -0.380 e. The van der Waals surface area contributed by atoms with Crippen molar-refractivity contribution >= 4 is 5.96 Å². The first-order chi connectivity index (χ1) is 10.8. The third-order valence-electron chi connectivity index (χ3n) is 3.00. The van der Waals surface area contributed by atoms with Gasteiger partial charge in [0.05, 0.1) is 19.8 Å². The summed E-state index contributed by atoms with van der Waals surface area (Å²) in [5.74, 6) is 0.820. The van der Waals surface area contributed by atoms with Gasteiger partial charge in [-0.2, -0.15) is 0 Å². The standard InChI is InChI=1S/C17H29N3O2/c1-4-18-17(19-11-12-21-5-2)20-13-15-7-9-16(10-8-15)14-22-6-3/h7-10H,4-6,11-14H2,1-3H3,(H2,18,19,20). The van der Waals surface area contributed by atoms with Crippen LogP contribution >= 0.6 is 0 Å². The molecule has 1 aromatic carbocycles. The largest absolute Gasteiger partial charge is 0.380 e. The van der Waals surface area contributed by atoms with Gasteiger partial charge in [-0.05, 0) is 31.9 Å². The minimum atomic E-state index is 0.652. The number of nitrogens with zero attached hydrogens (tertiary/aromatic N) is 1. The van der Waals surface area contributed by atoms with E-state index in [9.17, 15) is 0 Å². The number of ether oxygens (including phenoxy) is 2. The summed E-state index contributed by atoms with van der Waals surface area (Å²) in [6.07, 6.45) is 0. The molecule has 22 heavy (non-hydrogen) atoms. The van der Waals surface area contributed by atoms with Crippen LogP contribution in [0.25, 0.3) is 0 Å². The summed E-state index contributed by atoms with van der Waals surface area (Å²) in [4.78, 5) is 4.58. The van der Waals surface area contributed by atoms with Crippen molar-refractivity contribution in [3.8, 4) is 0 Å². The fraction of sp³-hybridized carbons (Fsp3) is 0.588. The molecule has 0 saturated heterocycles. The summed E-state index contributed by atoms with van der Waals surface area (Å²) in [7, 11) is 0.